The predicted molar refractivity (Wildman–Crippen MR) is 263 cm³/mol. The third kappa shape index (κ3) is 12.2. The van der Waals surface area contributed by atoms with Crippen molar-refractivity contribution in [3.05, 3.63) is 107 Å². The van der Waals surface area contributed by atoms with Gasteiger partial charge in [-0.3, -0.25) is 44.2 Å². The molecule has 0 aliphatic rings. The molecule has 0 saturated heterocycles. The molecule has 0 bridgehead atoms. The lowest BCUT2D eigenvalue weighted by Gasteiger charge is -2.13. The number of carbonyl (C=O) groups excluding carboxylic acids is 5. The Morgan fingerprint density at radius 1 is 0.725 bits per heavy atom. The quantitative estimate of drug-likeness (QED) is 0.0418. The lowest BCUT2D eigenvalue weighted by molar-refractivity contribution is 0.0991. The Labute approximate surface area is 397 Å². The maximum atomic E-state index is 13.8. The third-order valence-electron chi connectivity index (χ3n) is 10.1. The molecule has 0 aliphatic carbocycles. The number of hydrogen-bond acceptors (Lipinski definition) is 14. The fourth-order valence-corrected chi connectivity index (χ4v) is 6.99. The van der Waals surface area contributed by atoms with Crippen LogP contribution in [0.5, 0.6) is 11.5 Å². The second-order valence-corrected chi connectivity index (χ2v) is 14.7. The summed E-state index contributed by atoms with van der Waals surface area (Å²) >= 11 is 0. The molecule has 0 radical (unpaired) electrons. The van der Waals surface area contributed by atoms with Crippen molar-refractivity contribution in [1.29, 1.82) is 0 Å². The average molecular weight is 947 g/mol. The molecule has 0 atom stereocenters. The number of amides is 5. The molecular formula is C46H58N16O7. The van der Waals surface area contributed by atoms with Gasteiger partial charge in [0.2, 0.25) is 23.7 Å². The molecule has 0 aliphatic heterocycles. The van der Waals surface area contributed by atoms with Gasteiger partial charge >= 0.3 is 6.09 Å². The standard InChI is InChI=1S/C44H52N16O7.C2H6/c1-7-59-32(17-25(3)55-59)40(63)53-42-51-30-19-27(38(46)61)21-34(66-6)36(30)57(42)15-11-12-16-58-37-31(52-43(58)54-41(64)33-18-26(4)56-60(33)8-2)20-28(39(47)62)22-35(37)67-44(65)50-14-10-9-13-49-24-29(23-45)48-5;1-2/h9-12,17-24,48H,7-8,13-16,45H2,1-6H3,(H2,46,61)(H2,47,62)(H,50,65)(H,51,53,63)(H,52,54,64);1-2H3/b10-9+,12-11+,29-23+,49-24?;. The van der Waals surface area contributed by atoms with Crippen molar-refractivity contribution in [3.63, 3.8) is 0 Å². The lowest BCUT2D eigenvalue weighted by Crippen LogP contribution is -2.27. The minimum Gasteiger partial charge on any atom is -0.494 e. The van der Waals surface area contributed by atoms with Crippen molar-refractivity contribution in [3.8, 4) is 11.5 Å². The maximum absolute atomic E-state index is 13.8. The Kier molecular flexibility index (Phi) is 17.5. The summed E-state index contributed by atoms with van der Waals surface area (Å²) in [7, 11) is 3.15. The first-order valence-corrected chi connectivity index (χ1v) is 22.0. The number of ether oxygens (including phenoxy) is 2. The molecule has 0 spiro atoms. The van der Waals surface area contributed by atoms with Gasteiger partial charge in [0.25, 0.3) is 11.8 Å². The van der Waals surface area contributed by atoms with Crippen LogP contribution < -0.4 is 47.9 Å². The summed E-state index contributed by atoms with van der Waals surface area (Å²) in [5.41, 5.74) is 20.7. The zero-order valence-electron chi connectivity index (χ0n) is 39.8. The molecule has 2 aromatic carbocycles. The van der Waals surface area contributed by atoms with Gasteiger partial charge in [-0.15, -0.1) is 0 Å². The SMILES string of the molecule is CC.CCn1nc(C)cc1C(=O)Nc1nc2cc(C(N)=O)cc(OC)c2n1C/C=C/Cn1c(NC(=O)c2cc(C)nn2CC)nc2cc(C(N)=O)cc(OC(=O)NC/C=C/CN=C/C(=C\N)NC)c21. The van der Waals surface area contributed by atoms with E-state index in [1.807, 2.05) is 27.7 Å². The van der Waals surface area contributed by atoms with E-state index in [0.29, 0.717) is 53.4 Å². The Morgan fingerprint density at radius 2 is 1.22 bits per heavy atom. The van der Waals surface area contributed by atoms with Gasteiger partial charge in [-0.2, -0.15) is 10.2 Å². The average Bonchev–Trinajstić information content (AvgIpc) is 4.10. The topological polar surface area (TPSA) is 314 Å². The fraction of sp³-hybridized carbons (Fsp3) is 0.304. The number of aryl methyl sites for hydroxylation is 4. The number of imidazole rings is 2. The summed E-state index contributed by atoms with van der Waals surface area (Å²) in [6, 6.07) is 9.01. The van der Waals surface area contributed by atoms with Crippen LogP contribution in [0.4, 0.5) is 16.7 Å². The molecule has 4 aromatic heterocycles. The monoisotopic (exact) mass is 946 g/mol. The number of methoxy groups -OCH3 is 1. The number of hydrogen-bond donors (Lipinski definition) is 7. The first-order valence-electron chi connectivity index (χ1n) is 22.0. The predicted octanol–water partition coefficient (Wildman–Crippen LogP) is 4.16. The smallest absolute Gasteiger partial charge is 0.412 e. The molecule has 0 saturated carbocycles. The number of carbonyl (C=O) groups is 5. The van der Waals surface area contributed by atoms with Gasteiger partial charge in [0, 0.05) is 63.3 Å². The van der Waals surface area contributed by atoms with Gasteiger partial charge in [-0.1, -0.05) is 38.2 Å². The molecule has 364 valence electrons. The number of rotatable bonds is 20. The van der Waals surface area contributed by atoms with Gasteiger partial charge in [0.15, 0.2) is 5.75 Å². The summed E-state index contributed by atoms with van der Waals surface area (Å²) < 4.78 is 17.9. The number of nitrogens with zero attached hydrogens (tertiary/aromatic N) is 9. The molecule has 0 fully saturated rings. The summed E-state index contributed by atoms with van der Waals surface area (Å²) in [6.07, 6.45) is 9.01. The summed E-state index contributed by atoms with van der Waals surface area (Å²) in [4.78, 5) is 79.1. The second kappa shape index (κ2) is 23.6. The zero-order chi connectivity index (χ0) is 50.4. The minimum absolute atomic E-state index is 0.00886. The van der Waals surface area contributed by atoms with Crippen LogP contribution in [0.1, 0.15) is 80.8 Å². The Morgan fingerprint density at radius 3 is 1.67 bits per heavy atom. The van der Waals surface area contributed by atoms with E-state index in [1.165, 1.54) is 37.6 Å². The highest BCUT2D eigenvalue weighted by Gasteiger charge is 2.24. The number of primary amides is 2. The van der Waals surface area contributed by atoms with Crippen molar-refractivity contribution in [2.24, 2.45) is 22.2 Å². The zero-order valence-corrected chi connectivity index (χ0v) is 39.8. The van der Waals surface area contributed by atoms with Crippen LogP contribution in [-0.2, 0) is 26.2 Å². The van der Waals surface area contributed by atoms with Crippen LogP contribution in [-0.4, -0.2) is 102 Å². The van der Waals surface area contributed by atoms with Crippen molar-refractivity contribution in [1.82, 2.24) is 49.3 Å². The molecule has 23 heteroatoms. The molecular weight excluding hydrogens is 889 g/mol. The third-order valence-corrected chi connectivity index (χ3v) is 10.1. The van der Waals surface area contributed by atoms with E-state index in [1.54, 1.807) is 82.0 Å². The van der Waals surface area contributed by atoms with Crippen molar-refractivity contribution in [2.45, 2.75) is 67.7 Å². The maximum Gasteiger partial charge on any atom is 0.412 e. The van der Waals surface area contributed by atoms with Gasteiger partial charge in [0.1, 0.15) is 28.2 Å². The van der Waals surface area contributed by atoms with Crippen LogP contribution in [0.3, 0.4) is 0 Å². The van der Waals surface area contributed by atoms with E-state index in [-0.39, 0.29) is 70.9 Å². The highest BCUT2D eigenvalue weighted by molar-refractivity contribution is 6.05. The van der Waals surface area contributed by atoms with E-state index < -0.39 is 29.7 Å². The number of aliphatic imine (C=N–C) groups is 1. The summed E-state index contributed by atoms with van der Waals surface area (Å²) in [5.74, 6) is -2.15. The van der Waals surface area contributed by atoms with Crippen molar-refractivity contribution >= 4 is 69.9 Å². The molecule has 6 rings (SSSR count). The number of fused-ring (bicyclic) bond motifs is 2. The Hall–Kier alpha value is -8.76. The van der Waals surface area contributed by atoms with Crippen LogP contribution >= 0.6 is 0 Å². The number of nitrogens with two attached hydrogens (primary N) is 3. The van der Waals surface area contributed by atoms with Crippen molar-refractivity contribution in [2.75, 3.05) is 37.9 Å². The second-order valence-electron chi connectivity index (χ2n) is 14.7. The van der Waals surface area contributed by atoms with Crippen LogP contribution in [0.25, 0.3) is 22.1 Å². The first-order chi connectivity index (χ1) is 33.2. The van der Waals surface area contributed by atoms with E-state index >= 15 is 0 Å². The molecule has 69 heavy (non-hydrogen) atoms. The van der Waals surface area contributed by atoms with E-state index in [0.717, 1.165) is 0 Å². The molecule has 0 unspecified atom stereocenters. The van der Waals surface area contributed by atoms with E-state index in [9.17, 15) is 24.0 Å². The van der Waals surface area contributed by atoms with E-state index in [4.69, 9.17) is 26.7 Å². The Bertz CT molecular complexity index is 2990. The largest absolute Gasteiger partial charge is 0.494 e. The molecule has 6 aromatic rings. The van der Waals surface area contributed by atoms with E-state index in [2.05, 4.69) is 46.4 Å². The number of anilines is 2. The molecule has 23 nitrogen and oxygen atoms in total. The van der Waals surface area contributed by atoms with Crippen LogP contribution in [0.2, 0.25) is 0 Å². The fourth-order valence-electron chi connectivity index (χ4n) is 6.99. The van der Waals surface area contributed by atoms with Crippen molar-refractivity contribution < 1.29 is 33.4 Å². The molecule has 10 N–H and O–H groups in total. The number of benzene rings is 2. The van der Waals surface area contributed by atoms with Gasteiger partial charge in [-0.25, -0.2) is 14.8 Å². The van der Waals surface area contributed by atoms with Crippen LogP contribution in [0, 0.1) is 13.8 Å². The van der Waals surface area contributed by atoms with Gasteiger partial charge in [-0.05, 0) is 64.1 Å². The molecule has 5 amide bonds. The minimum atomic E-state index is -0.858. The number of nitrogens with one attached hydrogen (secondary N) is 4. The van der Waals surface area contributed by atoms with Gasteiger partial charge < -0.3 is 46.4 Å². The summed E-state index contributed by atoms with van der Waals surface area (Å²) in [5, 5.41) is 20.0. The number of allylic oxidation sites excluding steroid dienone is 3. The highest BCUT2D eigenvalue weighted by Crippen LogP contribution is 2.33. The molecule has 4 heterocycles. The van der Waals surface area contributed by atoms with Gasteiger partial charge in [0.05, 0.1) is 41.8 Å². The summed E-state index contributed by atoms with van der Waals surface area (Å²) in [6.45, 7) is 12.6. The normalized spacial score (nSPS) is 11.6. The van der Waals surface area contributed by atoms with Crippen LogP contribution in [0.15, 0.2) is 77.6 Å². The highest BCUT2D eigenvalue weighted by atomic mass is 16.6. The first kappa shape index (κ1) is 51.2. The lowest BCUT2D eigenvalue weighted by atomic mass is 10.1. The Balaban J connectivity index is 0.00000438. The number of aromatic nitrogens is 8.